The number of thiophene rings is 1. The number of ether oxygens (including phenoxy) is 1. The van der Waals surface area contributed by atoms with E-state index >= 15 is 0 Å². The molecule has 9 nitrogen and oxygen atoms in total. The van der Waals surface area contributed by atoms with E-state index in [-0.39, 0.29) is 17.6 Å². The second-order valence-electron chi connectivity index (χ2n) is 8.00. The lowest BCUT2D eigenvalue weighted by Gasteiger charge is -2.27. The quantitative estimate of drug-likeness (QED) is 0.514. The molecule has 1 aliphatic carbocycles. The molecule has 1 aromatic carbocycles. The van der Waals surface area contributed by atoms with Crippen LogP contribution < -0.4 is 5.32 Å². The molecule has 1 saturated heterocycles. The summed E-state index contributed by atoms with van der Waals surface area (Å²) in [7, 11) is 0. The number of aromatic nitrogens is 4. The van der Waals surface area contributed by atoms with Crippen molar-refractivity contribution < 1.29 is 14.3 Å². The van der Waals surface area contributed by atoms with Crippen LogP contribution in [0.2, 0.25) is 0 Å². The van der Waals surface area contributed by atoms with Crippen molar-refractivity contribution in [1.82, 2.24) is 25.1 Å². The van der Waals surface area contributed by atoms with Crippen LogP contribution in [-0.2, 0) is 9.53 Å². The van der Waals surface area contributed by atoms with Crippen molar-refractivity contribution in [2.24, 2.45) is 0 Å². The molecule has 2 aromatic heterocycles. The van der Waals surface area contributed by atoms with Crippen molar-refractivity contribution in [1.29, 1.82) is 0 Å². The third-order valence-corrected chi connectivity index (χ3v) is 7.83. The maximum atomic E-state index is 13.4. The molecule has 1 N–H and O–H groups in total. The monoisotopic (exact) mass is 484 g/mol. The van der Waals surface area contributed by atoms with Gasteiger partial charge in [-0.2, -0.15) is 0 Å². The Morgan fingerprint density at radius 3 is 2.70 bits per heavy atom. The van der Waals surface area contributed by atoms with Crippen molar-refractivity contribution in [2.75, 3.05) is 37.4 Å². The Morgan fingerprint density at radius 1 is 1.21 bits per heavy atom. The number of tetrazole rings is 1. The Hall–Kier alpha value is -2.76. The predicted molar refractivity (Wildman–Crippen MR) is 127 cm³/mol. The van der Waals surface area contributed by atoms with Gasteiger partial charge in [0.15, 0.2) is 0 Å². The van der Waals surface area contributed by atoms with Gasteiger partial charge in [0.25, 0.3) is 5.91 Å². The summed E-state index contributed by atoms with van der Waals surface area (Å²) in [5.41, 5.74) is 2.46. The molecule has 5 rings (SSSR count). The Morgan fingerprint density at radius 2 is 1.97 bits per heavy atom. The van der Waals surface area contributed by atoms with Crippen molar-refractivity contribution in [3.05, 3.63) is 41.5 Å². The van der Waals surface area contributed by atoms with Gasteiger partial charge < -0.3 is 15.0 Å². The van der Waals surface area contributed by atoms with Crippen LogP contribution in [0.15, 0.2) is 35.5 Å². The zero-order chi connectivity index (χ0) is 22.8. The average molecular weight is 485 g/mol. The Kier molecular flexibility index (Phi) is 6.43. The second kappa shape index (κ2) is 9.62. The molecule has 172 valence electrons. The highest BCUT2D eigenvalue weighted by atomic mass is 32.2. The van der Waals surface area contributed by atoms with E-state index in [1.54, 1.807) is 9.58 Å². The fourth-order valence-corrected chi connectivity index (χ4v) is 5.74. The van der Waals surface area contributed by atoms with Crippen LogP contribution in [0.5, 0.6) is 0 Å². The Labute approximate surface area is 199 Å². The van der Waals surface area contributed by atoms with Crippen LogP contribution >= 0.6 is 23.1 Å². The normalized spacial score (nSPS) is 16.1. The van der Waals surface area contributed by atoms with Crippen LogP contribution in [0, 0.1) is 6.92 Å². The number of carbonyl (C=O) groups is 2. The van der Waals surface area contributed by atoms with Crippen molar-refractivity contribution in [3.8, 4) is 10.4 Å². The number of thioether (sulfide) groups is 1. The molecule has 0 spiro atoms. The number of nitrogens with one attached hydrogen (secondary N) is 1. The first-order valence-electron chi connectivity index (χ1n) is 10.9. The molecule has 0 atom stereocenters. The largest absolute Gasteiger partial charge is 0.378 e. The lowest BCUT2D eigenvalue weighted by atomic mass is 10.1. The van der Waals surface area contributed by atoms with Gasteiger partial charge in [0.1, 0.15) is 5.00 Å². The molecule has 2 amide bonds. The minimum atomic E-state index is -0.192. The summed E-state index contributed by atoms with van der Waals surface area (Å²) in [6.07, 6.45) is 2.13. The average Bonchev–Trinajstić information content (AvgIpc) is 3.49. The third-order valence-electron chi connectivity index (χ3n) is 5.64. The van der Waals surface area contributed by atoms with Gasteiger partial charge in [-0.3, -0.25) is 9.59 Å². The zero-order valence-corrected chi connectivity index (χ0v) is 19.8. The molecule has 1 saturated carbocycles. The third kappa shape index (κ3) is 4.80. The van der Waals surface area contributed by atoms with Gasteiger partial charge in [-0.05, 0) is 41.3 Å². The van der Waals surface area contributed by atoms with E-state index < -0.39 is 0 Å². The number of morpholine rings is 1. The smallest absolute Gasteiger partial charge is 0.257 e. The van der Waals surface area contributed by atoms with Crippen molar-refractivity contribution >= 4 is 39.9 Å². The van der Waals surface area contributed by atoms with Gasteiger partial charge in [-0.15, -0.1) is 16.4 Å². The van der Waals surface area contributed by atoms with E-state index in [1.165, 1.54) is 23.1 Å². The highest BCUT2D eigenvalue weighted by molar-refractivity contribution is 7.99. The van der Waals surface area contributed by atoms with Crippen LogP contribution in [0.4, 0.5) is 5.00 Å². The van der Waals surface area contributed by atoms with Crippen molar-refractivity contribution in [3.63, 3.8) is 0 Å². The highest BCUT2D eigenvalue weighted by Gasteiger charge is 2.29. The molecule has 3 heterocycles. The molecule has 33 heavy (non-hydrogen) atoms. The van der Waals surface area contributed by atoms with Crippen LogP contribution in [-0.4, -0.2) is 69.0 Å². The summed E-state index contributed by atoms with van der Waals surface area (Å²) in [4.78, 5) is 29.1. The minimum absolute atomic E-state index is 0.0742. The van der Waals surface area contributed by atoms with Crippen LogP contribution in [0.25, 0.3) is 10.4 Å². The number of rotatable bonds is 7. The number of benzene rings is 1. The Balaban J connectivity index is 1.38. The summed E-state index contributed by atoms with van der Waals surface area (Å²) in [5, 5.41) is 16.0. The lowest BCUT2D eigenvalue weighted by Crippen LogP contribution is -2.41. The molecule has 0 radical (unpaired) electrons. The van der Waals surface area contributed by atoms with Gasteiger partial charge in [-0.1, -0.05) is 42.1 Å². The highest BCUT2D eigenvalue weighted by Crippen LogP contribution is 2.41. The number of nitrogens with zero attached hydrogens (tertiary/aromatic N) is 5. The van der Waals surface area contributed by atoms with E-state index in [9.17, 15) is 9.59 Å². The topological polar surface area (TPSA) is 102 Å². The first-order valence-corrected chi connectivity index (χ1v) is 12.7. The molecular weight excluding hydrogens is 460 g/mol. The van der Waals surface area contributed by atoms with E-state index in [4.69, 9.17) is 4.74 Å². The summed E-state index contributed by atoms with van der Waals surface area (Å²) >= 11 is 2.74. The summed E-state index contributed by atoms with van der Waals surface area (Å²) < 4.78 is 7.19. The molecule has 1 aliphatic heterocycles. The van der Waals surface area contributed by atoms with Gasteiger partial charge in [0.2, 0.25) is 11.1 Å². The fourth-order valence-electron chi connectivity index (χ4n) is 3.77. The van der Waals surface area contributed by atoms with Gasteiger partial charge in [-0.25, -0.2) is 4.68 Å². The lowest BCUT2D eigenvalue weighted by molar-refractivity contribution is -0.113. The van der Waals surface area contributed by atoms with E-state index in [1.807, 2.05) is 37.3 Å². The summed E-state index contributed by atoms with van der Waals surface area (Å²) in [6, 6.07) is 10.3. The van der Waals surface area contributed by atoms with Gasteiger partial charge in [0.05, 0.1) is 30.6 Å². The molecule has 11 heteroatoms. The van der Waals surface area contributed by atoms with E-state index in [0.717, 1.165) is 28.8 Å². The van der Waals surface area contributed by atoms with E-state index in [0.29, 0.717) is 48.1 Å². The maximum absolute atomic E-state index is 13.4. The van der Waals surface area contributed by atoms with Gasteiger partial charge >= 0.3 is 0 Å². The summed E-state index contributed by atoms with van der Waals surface area (Å²) in [5.74, 6) is -0.104. The SMILES string of the molecule is Cc1c(-c2ccccc2)sc(NC(=O)CSc2nnnn2C2CC2)c1C(=O)N1CCOCC1. The van der Waals surface area contributed by atoms with E-state index in [2.05, 4.69) is 20.8 Å². The first-order chi connectivity index (χ1) is 16.1. The number of hydrogen-bond donors (Lipinski definition) is 1. The zero-order valence-electron chi connectivity index (χ0n) is 18.2. The number of anilines is 1. The molecule has 0 bridgehead atoms. The van der Waals surface area contributed by atoms with Gasteiger partial charge in [0, 0.05) is 18.0 Å². The fraction of sp³-hybridized carbons (Fsp3) is 0.409. The molecule has 2 fully saturated rings. The summed E-state index contributed by atoms with van der Waals surface area (Å²) in [6.45, 7) is 4.08. The molecule has 3 aromatic rings. The predicted octanol–water partition coefficient (Wildman–Crippen LogP) is 3.25. The number of carbonyl (C=O) groups excluding carboxylic acids is 2. The molecule has 2 aliphatic rings. The molecule has 0 unspecified atom stereocenters. The first kappa shape index (κ1) is 22.1. The second-order valence-corrected chi connectivity index (χ2v) is 9.97. The van der Waals surface area contributed by atoms with Crippen LogP contribution in [0.3, 0.4) is 0 Å². The Bertz CT molecular complexity index is 1150. The minimum Gasteiger partial charge on any atom is -0.378 e. The molecular formula is C22H24N6O3S2. The van der Waals surface area contributed by atoms with Crippen LogP contribution in [0.1, 0.15) is 34.8 Å². The standard InChI is InChI=1S/C22H24N6O3S2/c1-14-18(21(30)27-9-11-31-12-10-27)20(33-19(14)15-5-3-2-4-6-15)23-17(29)13-32-22-24-25-26-28(22)16-7-8-16/h2-6,16H,7-13H2,1H3,(H,23,29). The maximum Gasteiger partial charge on any atom is 0.257 e. The number of amides is 2. The number of hydrogen-bond acceptors (Lipinski definition) is 8. The van der Waals surface area contributed by atoms with Crippen molar-refractivity contribution in [2.45, 2.75) is 31.0 Å².